The van der Waals surface area contributed by atoms with Gasteiger partial charge in [-0.3, -0.25) is 9.69 Å². The molecule has 2 saturated carbocycles. The second kappa shape index (κ2) is 9.59. The van der Waals surface area contributed by atoms with Crippen molar-refractivity contribution in [3.8, 4) is 11.5 Å². The third-order valence-electron chi connectivity index (χ3n) is 8.65. The molecule has 0 aromatic heterocycles. The van der Waals surface area contributed by atoms with Gasteiger partial charge < -0.3 is 14.6 Å². The van der Waals surface area contributed by atoms with Crippen LogP contribution in [0.25, 0.3) is 0 Å². The van der Waals surface area contributed by atoms with Crippen LogP contribution < -0.4 is 4.74 Å². The molecule has 0 radical (unpaired) electrons. The van der Waals surface area contributed by atoms with E-state index in [0.29, 0.717) is 25.2 Å². The summed E-state index contributed by atoms with van der Waals surface area (Å²) >= 11 is 0. The van der Waals surface area contributed by atoms with Crippen molar-refractivity contribution in [1.82, 2.24) is 4.90 Å². The Morgan fingerprint density at radius 3 is 2.80 bits per heavy atom. The van der Waals surface area contributed by atoms with Gasteiger partial charge in [0.05, 0.1) is 5.60 Å². The first-order chi connectivity index (χ1) is 17.1. The number of nitrogens with zero attached hydrogens (tertiary/aromatic N) is 1. The summed E-state index contributed by atoms with van der Waals surface area (Å²) in [5.74, 6) is 1.63. The highest BCUT2D eigenvalue weighted by Gasteiger charge is 2.51. The molecular formula is C30H37NO4. The average molecular weight is 476 g/mol. The van der Waals surface area contributed by atoms with Crippen molar-refractivity contribution >= 4 is 5.78 Å². The van der Waals surface area contributed by atoms with Crippen LogP contribution in [0.1, 0.15) is 61.6 Å². The molecule has 0 saturated heterocycles. The van der Waals surface area contributed by atoms with Crippen LogP contribution >= 0.6 is 0 Å². The second-order valence-electron chi connectivity index (χ2n) is 11.1. The Balaban J connectivity index is 1.33. The minimum atomic E-state index is -0.556. The molecule has 186 valence electrons. The zero-order chi connectivity index (χ0) is 23.8. The van der Waals surface area contributed by atoms with Crippen LogP contribution in [0.2, 0.25) is 0 Å². The van der Waals surface area contributed by atoms with E-state index in [1.807, 2.05) is 0 Å². The molecule has 0 spiro atoms. The fourth-order valence-corrected chi connectivity index (χ4v) is 6.58. The first-order valence-corrected chi connectivity index (χ1v) is 13.6. The molecular weight excluding hydrogens is 438 g/mol. The van der Waals surface area contributed by atoms with Crippen LogP contribution in [-0.2, 0) is 28.8 Å². The molecule has 2 aromatic rings. The monoisotopic (exact) mass is 475 g/mol. The molecule has 5 nitrogen and oxygen atoms in total. The van der Waals surface area contributed by atoms with Crippen molar-refractivity contribution in [1.29, 1.82) is 0 Å². The first kappa shape index (κ1) is 23.1. The average Bonchev–Trinajstić information content (AvgIpc) is 3.67. The van der Waals surface area contributed by atoms with Gasteiger partial charge in [0.25, 0.3) is 0 Å². The largest absolute Gasteiger partial charge is 0.504 e. The fraction of sp³-hybridized carbons (Fsp3) is 0.567. The van der Waals surface area contributed by atoms with Crippen LogP contribution in [0.4, 0.5) is 0 Å². The molecule has 0 amide bonds. The smallest absolute Gasteiger partial charge is 0.173 e. The van der Waals surface area contributed by atoms with Crippen molar-refractivity contribution in [3.63, 3.8) is 0 Å². The maximum atomic E-state index is 13.0. The number of ketones is 1. The number of aryl methyl sites for hydroxylation is 1. The number of carbonyl (C=O) groups excluding carboxylic acids is 1. The van der Waals surface area contributed by atoms with E-state index in [0.717, 1.165) is 63.1 Å². The lowest BCUT2D eigenvalue weighted by molar-refractivity contribution is -0.157. The summed E-state index contributed by atoms with van der Waals surface area (Å²) in [5.41, 5.74) is 3.26. The maximum Gasteiger partial charge on any atom is 0.173 e. The minimum absolute atomic E-state index is 0.137. The minimum Gasteiger partial charge on any atom is -0.504 e. The SMILES string of the molecule is O=C1CC[C@]2(OCCCc3ccccc3)C[C@H]1Oc1c(O)ccc3c1CCCN(CC1CC1)[C@@H]2C3. The second-order valence-corrected chi connectivity index (χ2v) is 11.1. The number of ether oxygens (including phenoxy) is 2. The Morgan fingerprint density at radius 1 is 1.11 bits per heavy atom. The van der Waals surface area contributed by atoms with E-state index in [1.165, 1.54) is 24.0 Å². The van der Waals surface area contributed by atoms with Gasteiger partial charge in [0, 0.05) is 37.6 Å². The summed E-state index contributed by atoms with van der Waals surface area (Å²) in [4.78, 5) is 15.7. The Hall–Kier alpha value is -2.37. The lowest BCUT2D eigenvalue weighted by Gasteiger charge is -2.49. The van der Waals surface area contributed by atoms with Gasteiger partial charge in [-0.15, -0.1) is 0 Å². The number of hydrogen-bond acceptors (Lipinski definition) is 5. The van der Waals surface area contributed by atoms with Gasteiger partial charge in [-0.25, -0.2) is 0 Å². The molecule has 1 N–H and O–H groups in total. The van der Waals surface area contributed by atoms with Gasteiger partial charge in [0.1, 0.15) is 0 Å². The molecule has 2 aliphatic carbocycles. The first-order valence-electron chi connectivity index (χ1n) is 13.6. The third-order valence-corrected chi connectivity index (χ3v) is 8.65. The van der Waals surface area contributed by atoms with Gasteiger partial charge in [0.2, 0.25) is 0 Å². The molecule has 2 aromatic carbocycles. The van der Waals surface area contributed by atoms with E-state index in [4.69, 9.17) is 9.47 Å². The lowest BCUT2D eigenvalue weighted by atomic mass is 9.74. The summed E-state index contributed by atoms with van der Waals surface area (Å²) in [6, 6.07) is 14.6. The van der Waals surface area contributed by atoms with E-state index >= 15 is 0 Å². The number of Topliss-reactive ketones (excluding diaryl/α,β-unsaturated/α-hetero) is 1. The summed E-state index contributed by atoms with van der Waals surface area (Å²) in [6.07, 6.45) is 8.63. The number of carbonyl (C=O) groups is 1. The van der Waals surface area contributed by atoms with E-state index in [9.17, 15) is 9.90 Å². The molecule has 35 heavy (non-hydrogen) atoms. The molecule has 3 atom stereocenters. The zero-order valence-electron chi connectivity index (χ0n) is 20.6. The van der Waals surface area contributed by atoms with Gasteiger partial charge in [-0.1, -0.05) is 36.4 Å². The van der Waals surface area contributed by atoms with E-state index in [-0.39, 0.29) is 17.6 Å². The van der Waals surface area contributed by atoms with Crippen molar-refractivity contribution in [2.45, 2.75) is 82.0 Å². The third kappa shape index (κ3) is 4.73. The van der Waals surface area contributed by atoms with Gasteiger partial charge in [-0.2, -0.15) is 0 Å². The topological polar surface area (TPSA) is 59.0 Å². The molecule has 0 unspecified atom stereocenters. The van der Waals surface area contributed by atoms with E-state index in [2.05, 4.69) is 41.3 Å². The number of aromatic hydroxyl groups is 1. The predicted octanol–water partition coefficient (Wildman–Crippen LogP) is 4.86. The van der Waals surface area contributed by atoms with Crippen LogP contribution in [0.3, 0.4) is 0 Å². The van der Waals surface area contributed by atoms with Crippen LogP contribution in [0.5, 0.6) is 11.5 Å². The molecule has 5 heteroatoms. The molecule has 2 aliphatic heterocycles. The van der Waals surface area contributed by atoms with Crippen molar-refractivity contribution in [3.05, 3.63) is 59.2 Å². The Labute approximate surface area is 208 Å². The standard InChI is InChI=1S/C30H37NO4/c32-25-14-15-30(34-17-5-8-21-6-2-1-3-7-21)19-27(25)35-29-24-9-4-16-31(20-22-10-11-22)28(30)18-23(24)12-13-26(29)33/h1-3,6-7,12-13,22,27-28,33H,4-5,8-11,14-20H2/t27-,28-,30+/m1/s1. The Morgan fingerprint density at radius 2 is 1.97 bits per heavy atom. The van der Waals surface area contributed by atoms with E-state index < -0.39 is 11.7 Å². The highest BCUT2D eigenvalue weighted by Crippen LogP contribution is 2.46. The predicted molar refractivity (Wildman–Crippen MR) is 135 cm³/mol. The molecule has 6 rings (SSSR count). The number of rotatable bonds is 7. The van der Waals surface area contributed by atoms with Gasteiger partial charge in [-0.05, 0) is 81.0 Å². The maximum absolute atomic E-state index is 13.0. The number of phenols is 1. The van der Waals surface area contributed by atoms with E-state index in [1.54, 1.807) is 6.07 Å². The fourth-order valence-electron chi connectivity index (χ4n) is 6.58. The molecule has 2 fully saturated rings. The normalized spacial score (nSPS) is 28.4. The van der Waals surface area contributed by atoms with Crippen molar-refractivity contribution in [2.75, 3.05) is 19.7 Å². The Bertz CT molecular complexity index is 1070. The van der Waals surface area contributed by atoms with Gasteiger partial charge >= 0.3 is 0 Å². The Kier molecular flexibility index (Phi) is 6.32. The van der Waals surface area contributed by atoms with Gasteiger partial charge in [0.15, 0.2) is 23.4 Å². The van der Waals surface area contributed by atoms with Crippen molar-refractivity contribution < 1.29 is 19.4 Å². The number of hydrogen-bond donors (Lipinski definition) is 1. The van der Waals surface area contributed by atoms with Crippen LogP contribution in [0, 0.1) is 5.92 Å². The van der Waals surface area contributed by atoms with Crippen molar-refractivity contribution in [2.24, 2.45) is 5.92 Å². The summed E-state index contributed by atoms with van der Waals surface area (Å²) in [7, 11) is 0. The quantitative estimate of drug-likeness (QED) is 0.580. The molecule has 2 heterocycles. The number of phenolic OH excluding ortho intramolecular Hbond substituents is 1. The summed E-state index contributed by atoms with van der Waals surface area (Å²) in [5, 5.41) is 10.7. The number of benzene rings is 2. The summed E-state index contributed by atoms with van der Waals surface area (Å²) < 4.78 is 13.3. The highest BCUT2D eigenvalue weighted by molar-refractivity contribution is 5.85. The molecule has 6 bridgehead atoms. The molecule has 4 aliphatic rings. The number of fused-ring (bicyclic) bond motifs is 4. The highest BCUT2D eigenvalue weighted by atomic mass is 16.5. The van der Waals surface area contributed by atoms with Crippen LogP contribution in [0.15, 0.2) is 42.5 Å². The lowest BCUT2D eigenvalue weighted by Crippen LogP contribution is -2.60. The van der Waals surface area contributed by atoms with Crippen LogP contribution in [-0.4, -0.2) is 53.2 Å². The zero-order valence-corrected chi connectivity index (χ0v) is 20.6. The summed E-state index contributed by atoms with van der Waals surface area (Å²) in [6.45, 7) is 2.84.